The first-order chi connectivity index (χ1) is 10.6. The van der Waals surface area contributed by atoms with Gasteiger partial charge in [-0.05, 0) is 13.0 Å². The van der Waals surface area contributed by atoms with Gasteiger partial charge in [-0.3, -0.25) is 9.89 Å². The maximum absolute atomic E-state index is 11.8. The lowest BCUT2D eigenvalue weighted by Gasteiger charge is -2.18. The summed E-state index contributed by atoms with van der Waals surface area (Å²) in [7, 11) is 3.25. The molecule has 0 radical (unpaired) electrons. The van der Waals surface area contributed by atoms with E-state index in [1.807, 2.05) is 25.1 Å². The zero-order valence-corrected chi connectivity index (χ0v) is 13.4. The van der Waals surface area contributed by atoms with E-state index >= 15 is 0 Å². The molecule has 1 aliphatic rings. The molecule has 1 aromatic heterocycles. The van der Waals surface area contributed by atoms with Gasteiger partial charge in [-0.15, -0.1) is 11.8 Å². The summed E-state index contributed by atoms with van der Waals surface area (Å²) in [6.45, 7) is 1.95. The molecule has 3 rings (SSSR count). The fourth-order valence-electron chi connectivity index (χ4n) is 2.54. The van der Waals surface area contributed by atoms with E-state index in [1.54, 1.807) is 26.0 Å². The first-order valence-electron chi connectivity index (χ1n) is 6.82. The molecule has 0 fully saturated rings. The summed E-state index contributed by atoms with van der Waals surface area (Å²) in [6, 6.07) is 5.72. The fraction of sp³-hybridized carbons (Fsp3) is 0.333. The second kappa shape index (κ2) is 5.92. The first kappa shape index (κ1) is 14.8. The normalized spacial score (nSPS) is 17.4. The molecule has 0 saturated carbocycles. The molecule has 1 amide bonds. The number of rotatable bonds is 3. The van der Waals surface area contributed by atoms with Crippen LogP contribution in [0.2, 0.25) is 0 Å². The van der Waals surface area contributed by atoms with Gasteiger partial charge in [-0.1, -0.05) is 6.07 Å². The van der Waals surface area contributed by atoms with Crippen molar-refractivity contribution in [3.8, 4) is 11.5 Å². The van der Waals surface area contributed by atoms with E-state index in [0.717, 1.165) is 28.3 Å². The number of aryl methyl sites for hydroxylation is 1. The highest BCUT2D eigenvalue weighted by molar-refractivity contribution is 8.00. The van der Waals surface area contributed by atoms with Crippen LogP contribution in [0.1, 0.15) is 22.1 Å². The lowest BCUT2D eigenvalue weighted by molar-refractivity contribution is -0.113. The molecule has 7 heteroatoms. The third-order valence-electron chi connectivity index (χ3n) is 3.62. The van der Waals surface area contributed by atoms with E-state index in [-0.39, 0.29) is 11.2 Å². The molecule has 0 aliphatic carbocycles. The summed E-state index contributed by atoms with van der Waals surface area (Å²) in [4.78, 5) is 11.8. The van der Waals surface area contributed by atoms with Crippen LogP contribution in [0.25, 0.3) is 0 Å². The van der Waals surface area contributed by atoms with Gasteiger partial charge in [0, 0.05) is 22.9 Å². The number of hydrogen-bond acceptors (Lipinski definition) is 5. The average Bonchev–Trinajstić information content (AvgIpc) is 2.79. The molecule has 0 spiro atoms. The molecule has 2 aromatic rings. The molecular formula is C15H17N3O3S. The Morgan fingerprint density at radius 2 is 2.14 bits per heavy atom. The van der Waals surface area contributed by atoms with Gasteiger partial charge in [0.2, 0.25) is 5.91 Å². The molecule has 2 N–H and O–H groups in total. The monoisotopic (exact) mass is 319 g/mol. The number of H-pyrrole nitrogens is 1. The first-order valence-corrected chi connectivity index (χ1v) is 7.87. The molecule has 116 valence electrons. The lowest BCUT2D eigenvalue weighted by Crippen LogP contribution is -2.12. The average molecular weight is 319 g/mol. The molecule has 1 aromatic carbocycles. The highest BCUT2D eigenvalue weighted by Gasteiger charge is 2.30. The minimum Gasteiger partial charge on any atom is -0.497 e. The van der Waals surface area contributed by atoms with Crippen LogP contribution >= 0.6 is 11.8 Å². The third-order valence-corrected chi connectivity index (χ3v) is 4.87. The van der Waals surface area contributed by atoms with Gasteiger partial charge in [0.1, 0.15) is 11.5 Å². The van der Waals surface area contributed by atoms with Crippen LogP contribution in [-0.2, 0) is 4.79 Å². The van der Waals surface area contributed by atoms with Gasteiger partial charge in [0.15, 0.2) is 5.82 Å². The molecular weight excluding hydrogens is 302 g/mol. The van der Waals surface area contributed by atoms with E-state index in [0.29, 0.717) is 11.6 Å². The number of benzene rings is 1. The summed E-state index contributed by atoms with van der Waals surface area (Å²) in [5.41, 5.74) is 2.92. The predicted octanol–water partition coefficient (Wildman–Crippen LogP) is 2.51. The number of ether oxygens (including phenoxy) is 2. The second-order valence-electron chi connectivity index (χ2n) is 4.96. The Labute approximate surface area is 132 Å². The van der Waals surface area contributed by atoms with Gasteiger partial charge >= 0.3 is 0 Å². The number of anilines is 1. The van der Waals surface area contributed by atoms with Gasteiger partial charge in [0.25, 0.3) is 0 Å². The number of methoxy groups -OCH3 is 2. The van der Waals surface area contributed by atoms with Crippen LogP contribution in [-0.4, -0.2) is 36.1 Å². The fourth-order valence-corrected chi connectivity index (χ4v) is 3.76. The number of nitrogens with zero attached hydrogens (tertiary/aromatic N) is 1. The van der Waals surface area contributed by atoms with Crippen molar-refractivity contribution in [2.75, 3.05) is 25.3 Å². The van der Waals surface area contributed by atoms with Crippen molar-refractivity contribution < 1.29 is 14.3 Å². The number of hydrogen-bond donors (Lipinski definition) is 2. The van der Waals surface area contributed by atoms with E-state index in [4.69, 9.17) is 9.47 Å². The number of thioether (sulfide) groups is 1. The Balaban J connectivity index is 2.11. The van der Waals surface area contributed by atoms with Crippen LogP contribution in [0.3, 0.4) is 0 Å². The zero-order chi connectivity index (χ0) is 15.7. The molecule has 0 unspecified atom stereocenters. The smallest absolute Gasteiger partial charge is 0.235 e. The molecule has 22 heavy (non-hydrogen) atoms. The Bertz CT molecular complexity index is 714. The van der Waals surface area contributed by atoms with E-state index in [1.165, 1.54) is 0 Å². The molecule has 2 heterocycles. The maximum atomic E-state index is 11.8. The van der Waals surface area contributed by atoms with Crippen molar-refractivity contribution in [1.29, 1.82) is 0 Å². The van der Waals surface area contributed by atoms with Crippen LogP contribution < -0.4 is 14.8 Å². The van der Waals surface area contributed by atoms with Crippen LogP contribution in [0.4, 0.5) is 5.82 Å². The standard InChI is InChI=1S/C15H17N3O3S/c1-8-13-14(22-7-12(19)16-15(13)18-17-8)10-5-4-9(20-2)6-11(10)21-3/h4-6,14H,7H2,1-3H3,(H2,16,17,18,19)/t14-/m0/s1. The SMILES string of the molecule is COc1ccc([C@@H]2SCC(=O)Nc3n[nH]c(C)c32)c(OC)c1. The largest absolute Gasteiger partial charge is 0.497 e. The molecule has 0 bridgehead atoms. The number of amides is 1. The van der Waals surface area contributed by atoms with E-state index < -0.39 is 0 Å². The van der Waals surface area contributed by atoms with Crippen molar-refractivity contribution in [2.24, 2.45) is 0 Å². The third kappa shape index (κ3) is 2.52. The number of carbonyl (C=O) groups is 1. The summed E-state index contributed by atoms with van der Waals surface area (Å²) in [5, 5.41) is 9.94. The van der Waals surface area contributed by atoms with E-state index in [2.05, 4.69) is 15.5 Å². The van der Waals surface area contributed by atoms with Crippen LogP contribution in [0, 0.1) is 6.92 Å². The molecule has 1 atom stereocenters. The van der Waals surface area contributed by atoms with Crippen molar-refractivity contribution in [2.45, 2.75) is 12.2 Å². The summed E-state index contributed by atoms with van der Waals surface area (Å²) >= 11 is 1.56. The number of aromatic nitrogens is 2. The van der Waals surface area contributed by atoms with Crippen molar-refractivity contribution in [1.82, 2.24) is 10.2 Å². The van der Waals surface area contributed by atoms with E-state index in [9.17, 15) is 4.79 Å². The Morgan fingerprint density at radius 1 is 1.32 bits per heavy atom. The Morgan fingerprint density at radius 3 is 2.86 bits per heavy atom. The van der Waals surface area contributed by atoms with Crippen LogP contribution in [0.5, 0.6) is 11.5 Å². The summed E-state index contributed by atoms with van der Waals surface area (Å²) in [6.07, 6.45) is 0. The maximum Gasteiger partial charge on any atom is 0.235 e. The minimum atomic E-state index is -0.0484. The number of nitrogens with one attached hydrogen (secondary N) is 2. The molecule has 6 nitrogen and oxygen atoms in total. The number of carbonyl (C=O) groups excluding carboxylic acids is 1. The van der Waals surface area contributed by atoms with Gasteiger partial charge in [-0.2, -0.15) is 5.10 Å². The molecule has 1 aliphatic heterocycles. The summed E-state index contributed by atoms with van der Waals surface area (Å²) < 4.78 is 10.8. The number of aromatic amines is 1. The van der Waals surface area contributed by atoms with Crippen LogP contribution in [0.15, 0.2) is 18.2 Å². The Kier molecular flexibility index (Phi) is 3.98. The highest BCUT2D eigenvalue weighted by atomic mass is 32.2. The second-order valence-corrected chi connectivity index (χ2v) is 6.05. The quantitative estimate of drug-likeness (QED) is 0.909. The van der Waals surface area contributed by atoms with Crippen molar-refractivity contribution >= 4 is 23.5 Å². The lowest BCUT2D eigenvalue weighted by atomic mass is 10.0. The molecule has 0 saturated heterocycles. The highest BCUT2D eigenvalue weighted by Crippen LogP contribution is 2.45. The minimum absolute atomic E-state index is 0.0337. The zero-order valence-electron chi connectivity index (χ0n) is 12.6. The van der Waals surface area contributed by atoms with Crippen molar-refractivity contribution in [3.05, 3.63) is 35.0 Å². The summed E-state index contributed by atoms with van der Waals surface area (Å²) in [5.74, 6) is 2.38. The Hall–Kier alpha value is -2.15. The predicted molar refractivity (Wildman–Crippen MR) is 85.8 cm³/mol. The van der Waals surface area contributed by atoms with Crippen molar-refractivity contribution in [3.63, 3.8) is 0 Å². The number of fused-ring (bicyclic) bond motifs is 1. The van der Waals surface area contributed by atoms with Gasteiger partial charge < -0.3 is 14.8 Å². The van der Waals surface area contributed by atoms with Gasteiger partial charge in [-0.25, -0.2) is 0 Å². The van der Waals surface area contributed by atoms with Gasteiger partial charge in [0.05, 0.1) is 25.2 Å². The topological polar surface area (TPSA) is 76.2 Å².